The van der Waals surface area contributed by atoms with Crippen LogP contribution in [0.15, 0.2) is 36.5 Å². The summed E-state index contributed by atoms with van der Waals surface area (Å²) in [5.41, 5.74) is 3.00. The number of carbonyl (C=O) groups excluding carboxylic acids is 1. The summed E-state index contributed by atoms with van der Waals surface area (Å²) in [5.74, 6) is 1.78. The Bertz CT molecular complexity index is 628. The summed E-state index contributed by atoms with van der Waals surface area (Å²) in [4.78, 5) is 14.8. The Morgan fingerprint density at radius 2 is 2.30 bits per heavy atom. The van der Waals surface area contributed by atoms with E-state index in [9.17, 15) is 4.79 Å². The Labute approximate surface area is 117 Å². The molecular formula is C15H15N3O2. The van der Waals surface area contributed by atoms with E-state index in [1.807, 2.05) is 30.3 Å². The number of rotatable bonds is 5. The molecule has 2 N–H and O–H groups in total. The number of ether oxygens (including phenoxy) is 1. The number of anilines is 2. The number of nitrogens with zero attached hydrogens (tertiary/aromatic N) is 1. The normalized spacial score (nSPS) is 12.4. The Morgan fingerprint density at radius 3 is 3.20 bits per heavy atom. The molecule has 5 heteroatoms. The molecule has 1 aliphatic rings. The van der Waals surface area contributed by atoms with E-state index in [1.54, 1.807) is 6.20 Å². The molecule has 1 aromatic carbocycles. The van der Waals surface area contributed by atoms with Crippen LogP contribution in [0.2, 0.25) is 0 Å². The molecule has 20 heavy (non-hydrogen) atoms. The maximum atomic E-state index is 10.4. The fourth-order valence-corrected chi connectivity index (χ4v) is 2.29. The SMILES string of the molecule is O=CNc1cccc(CNc2nccc3c2CCO3)c1. The van der Waals surface area contributed by atoms with Gasteiger partial charge in [-0.2, -0.15) is 0 Å². The molecule has 2 heterocycles. The van der Waals surface area contributed by atoms with E-state index in [1.165, 1.54) is 0 Å². The first-order valence-corrected chi connectivity index (χ1v) is 6.50. The Balaban J connectivity index is 1.72. The maximum absolute atomic E-state index is 10.4. The third-order valence-electron chi connectivity index (χ3n) is 3.23. The number of hydrogen-bond donors (Lipinski definition) is 2. The van der Waals surface area contributed by atoms with Gasteiger partial charge in [-0.1, -0.05) is 12.1 Å². The number of fused-ring (bicyclic) bond motifs is 1. The van der Waals surface area contributed by atoms with E-state index in [0.717, 1.165) is 34.8 Å². The van der Waals surface area contributed by atoms with Gasteiger partial charge >= 0.3 is 0 Å². The molecule has 0 spiro atoms. The van der Waals surface area contributed by atoms with Gasteiger partial charge in [0.2, 0.25) is 6.41 Å². The van der Waals surface area contributed by atoms with Crippen LogP contribution < -0.4 is 15.4 Å². The predicted octanol–water partition coefficient (Wildman–Crippen LogP) is 2.20. The highest BCUT2D eigenvalue weighted by Gasteiger charge is 2.16. The number of carbonyl (C=O) groups is 1. The first kappa shape index (κ1) is 12.5. The summed E-state index contributed by atoms with van der Waals surface area (Å²) in [5, 5.41) is 5.97. The molecule has 0 bridgehead atoms. The standard InChI is InChI=1S/C15H15N3O2/c19-10-18-12-3-1-2-11(8-12)9-17-15-13-5-7-20-14(13)4-6-16-15/h1-4,6,8,10H,5,7,9H2,(H,16,17)(H,18,19). The summed E-state index contributed by atoms with van der Waals surface area (Å²) < 4.78 is 5.51. The van der Waals surface area contributed by atoms with Crippen LogP contribution in [0.4, 0.5) is 11.5 Å². The predicted molar refractivity (Wildman–Crippen MR) is 76.9 cm³/mol. The largest absolute Gasteiger partial charge is 0.493 e. The van der Waals surface area contributed by atoms with Gasteiger partial charge in [-0.05, 0) is 23.8 Å². The molecule has 1 aromatic heterocycles. The van der Waals surface area contributed by atoms with Crippen molar-refractivity contribution in [2.75, 3.05) is 17.2 Å². The second-order valence-electron chi connectivity index (χ2n) is 4.55. The highest BCUT2D eigenvalue weighted by Crippen LogP contribution is 2.29. The Hall–Kier alpha value is -2.56. The van der Waals surface area contributed by atoms with Crippen LogP contribution in [0.3, 0.4) is 0 Å². The number of pyridine rings is 1. The maximum Gasteiger partial charge on any atom is 0.211 e. The van der Waals surface area contributed by atoms with E-state index in [2.05, 4.69) is 15.6 Å². The molecule has 1 aliphatic heterocycles. The second kappa shape index (κ2) is 5.61. The molecule has 5 nitrogen and oxygen atoms in total. The molecule has 0 aliphatic carbocycles. The molecule has 0 atom stereocenters. The molecule has 102 valence electrons. The van der Waals surface area contributed by atoms with Crippen molar-refractivity contribution in [1.82, 2.24) is 4.98 Å². The van der Waals surface area contributed by atoms with Gasteiger partial charge in [-0.15, -0.1) is 0 Å². The monoisotopic (exact) mass is 269 g/mol. The molecule has 1 amide bonds. The second-order valence-corrected chi connectivity index (χ2v) is 4.55. The first-order chi connectivity index (χ1) is 9.86. The van der Waals surface area contributed by atoms with Gasteiger partial charge < -0.3 is 15.4 Å². The molecular weight excluding hydrogens is 254 g/mol. The van der Waals surface area contributed by atoms with E-state index >= 15 is 0 Å². The highest BCUT2D eigenvalue weighted by atomic mass is 16.5. The lowest BCUT2D eigenvalue weighted by atomic mass is 10.1. The number of nitrogens with one attached hydrogen (secondary N) is 2. The average Bonchev–Trinajstić information content (AvgIpc) is 2.95. The lowest BCUT2D eigenvalue weighted by Gasteiger charge is -2.10. The lowest BCUT2D eigenvalue weighted by molar-refractivity contribution is -0.105. The van der Waals surface area contributed by atoms with Gasteiger partial charge in [-0.25, -0.2) is 4.98 Å². The molecule has 0 saturated carbocycles. The molecule has 0 fully saturated rings. The van der Waals surface area contributed by atoms with Crippen LogP contribution in [-0.4, -0.2) is 18.0 Å². The van der Waals surface area contributed by atoms with Crippen LogP contribution in [-0.2, 0) is 17.8 Å². The van der Waals surface area contributed by atoms with Crippen LogP contribution in [0.25, 0.3) is 0 Å². The van der Waals surface area contributed by atoms with E-state index < -0.39 is 0 Å². The minimum Gasteiger partial charge on any atom is -0.493 e. The van der Waals surface area contributed by atoms with E-state index in [0.29, 0.717) is 19.6 Å². The average molecular weight is 269 g/mol. The summed E-state index contributed by atoms with van der Waals surface area (Å²) in [6, 6.07) is 9.59. The minimum absolute atomic E-state index is 0.651. The zero-order valence-corrected chi connectivity index (χ0v) is 10.9. The van der Waals surface area contributed by atoms with Gasteiger partial charge in [0.05, 0.1) is 6.61 Å². The number of benzene rings is 1. The minimum atomic E-state index is 0.651. The Morgan fingerprint density at radius 1 is 1.35 bits per heavy atom. The van der Waals surface area contributed by atoms with Crippen LogP contribution in [0.1, 0.15) is 11.1 Å². The number of hydrogen-bond acceptors (Lipinski definition) is 4. The van der Waals surface area contributed by atoms with Crippen molar-refractivity contribution in [3.8, 4) is 5.75 Å². The smallest absolute Gasteiger partial charge is 0.211 e. The van der Waals surface area contributed by atoms with Crippen LogP contribution in [0, 0.1) is 0 Å². The fraction of sp³-hybridized carbons (Fsp3) is 0.200. The number of aromatic nitrogens is 1. The van der Waals surface area contributed by atoms with E-state index in [4.69, 9.17) is 4.74 Å². The first-order valence-electron chi connectivity index (χ1n) is 6.50. The summed E-state index contributed by atoms with van der Waals surface area (Å²) in [6.45, 7) is 1.37. The molecule has 0 unspecified atom stereocenters. The van der Waals surface area contributed by atoms with Crippen molar-refractivity contribution < 1.29 is 9.53 Å². The zero-order valence-electron chi connectivity index (χ0n) is 10.9. The van der Waals surface area contributed by atoms with Crippen LogP contribution in [0.5, 0.6) is 5.75 Å². The van der Waals surface area contributed by atoms with E-state index in [-0.39, 0.29) is 0 Å². The lowest BCUT2D eigenvalue weighted by Crippen LogP contribution is -2.04. The summed E-state index contributed by atoms with van der Waals surface area (Å²) in [7, 11) is 0. The van der Waals surface area contributed by atoms with Crippen LogP contribution >= 0.6 is 0 Å². The van der Waals surface area contributed by atoms with Gasteiger partial charge in [-0.3, -0.25) is 4.79 Å². The van der Waals surface area contributed by atoms with Crippen molar-refractivity contribution in [2.24, 2.45) is 0 Å². The molecule has 2 aromatic rings. The van der Waals surface area contributed by atoms with Gasteiger partial charge in [0.1, 0.15) is 11.6 Å². The quantitative estimate of drug-likeness (QED) is 0.817. The molecule has 0 saturated heterocycles. The molecule has 0 radical (unpaired) electrons. The van der Waals surface area contributed by atoms with Gasteiger partial charge in [0, 0.05) is 30.4 Å². The van der Waals surface area contributed by atoms with Gasteiger partial charge in [0.25, 0.3) is 0 Å². The fourth-order valence-electron chi connectivity index (χ4n) is 2.29. The summed E-state index contributed by atoms with van der Waals surface area (Å²) in [6.07, 6.45) is 3.31. The van der Waals surface area contributed by atoms with Crippen molar-refractivity contribution in [3.05, 3.63) is 47.7 Å². The van der Waals surface area contributed by atoms with Crippen molar-refractivity contribution >= 4 is 17.9 Å². The van der Waals surface area contributed by atoms with Gasteiger partial charge in [0.15, 0.2) is 0 Å². The Kier molecular flexibility index (Phi) is 3.50. The zero-order chi connectivity index (χ0) is 13.8. The topological polar surface area (TPSA) is 63.2 Å². The highest BCUT2D eigenvalue weighted by molar-refractivity contribution is 5.71. The third kappa shape index (κ3) is 2.56. The van der Waals surface area contributed by atoms with Crippen molar-refractivity contribution in [1.29, 1.82) is 0 Å². The third-order valence-corrected chi connectivity index (χ3v) is 3.23. The summed E-state index contributed by atoms with van der Waals surface area (Å²) >= 11 is 0. The molecule has 3 rings (SSSR count). The van der Waals surface area contributed by atoms with Crippen molar-refractivity contribution in [2.45, 2.75) is 13.0 Å². The number of amides is 1. The van der Waals surface area contributed by atoms with Crippen molar-refractivity contribution in [3.63, 3.8) is 0 Å².